The summed E-state index contributed by atoms with van der Waals surface area (Å²) in [5, 5.41) is 0. The average Bonchev–Trinajstić information content (AvgIpc) is 2.58. The lowest BCUT2D eigenvalue weighted by atomic mass is 10.2. The van der Waals surface area contributed by atoms with Crippen LogP contribution in [-0.2, 0) is 6.54 Å². The van der Waals surface area contributed by atoms with Crippen molar-refractivity contribution in [2.24, 2.45) is 0 Å². The van der Waals surface area contributed by atoms with Crippen LogP contribution >= 0.6 is 15.9 Å². The lowest BCUT2D eigenvalue weighted by Crippen LogP contribution is -2.04. The summed E-state index contributed by atoms with van der Waals surface area (Å²) in [4.78, 5) is 4.18. The van der Waals surface area contributed by atoms with Crippen LogP contribution in [0.2, 0.25) is 0 Å². The van der Waals surface area contributed by atoms with Crippen molar-refractivity contribution >= 4 is 21.6 Å². The molecule has 2 N–H and O–H groups in total. The van der Waals surface area contributed by atoms with E-state index in [9.17, 15) is 0 Å². The predicted octanol–water partition coefficient (Wildman–Crippen LogP) is 2.58. The Bertz CT molecular complexity index is 456. The maximum Gasteiger partial charge on any atom is 0.105 e. The van der Waals surface area contributed by atoms with Crippen LogP contribution in [0.3, 0.4) is 0 Å². The number of nitrogens with two attached hydrogens (primary N) is 1. The molecule has 78 valence electrons. The number of nitrogen functional groups attached to an aromatic ring is 1. The van der Waals surface area contributed by atoms with Crippen molar-refractivity contribution in [2.45, 2.75) is 13.5 Å². The fraction of sp³-hybridized carbons (Fsp3) is 0.182. The van der Waals surface area contributed by atoms with Gasteiger partial charge in [0.25, 0.3) is 0 Å². The summed E-state index contributed by atoms with van der Waals surface area (Å²) in [5.41, 5.74) is 7.82. The number of hydrogen-bond donors (Lipinski definition) is 1. The van der Waals surface area contributed by atoms with E-state index >= 15 is 0 Å². The zero-order chi connectivity index (χ0) is 10.8. The second-order valence-electron chi connectivity index (χ2n) is 3.41. The highest BCUT2D eigenvalue weighted by Crippen LogP contribution is 2.23. The second kappa shape index (κ2) is 4.06. The van der Waals surface area contributed by atoms with Gasteiger partial charge in [-0.25, -0.2) is 4.98 Å². The molecule has 0 aliphatic heterocycles. The maximum atomic E-state index is 5.92. The van der Waals surface area contributed by atoms with Gasteiger partial charge in [-0.3, -0.25) is 0 Å². The first-order chi connectivity index (χ1) is 7.18. The average molecular weight is 266 g/mol. The Hall–Kier alpha value is -1.29. The van der Waals surface area contributed by atoms with Gasteiger partial charge in [0, 0.05) is 28.1 Å². The molecule has 1 aromatic heterocycles. The minimum Gasteiger partial charge on any atom is -0.398 e. The van der Waals surface area contributed by atoms with E-state index in [1.807, 2.05) is 31.3 Å². The largest absolute Gasteiger partial charge is 0.398 e. The van der Waals surface area contributed by atoms with Gasteiger partial charge in [0.15, 0.2) is 0 Å². The van der Waals surface area contributed by atoms with E-state index in [1.165, 1.54) is 0 Å². The Kier molecular flexibility index (Phi) is 2.77. The van der Waals surface area contributed by atoms with Crippen LogP contribution in [-0.4, -0.2) is 9.55 Å². The number of aromatic nitrogens is 2. The highest BCUT2D eigenvalue weighted by molar-refractivity contribution is 9.10. The highest BCUT2D eigenvalue weighted by Gasteiger charge is 2.05. The van der Waals surface area contributed by atoms with Crippen molar-refractivity contribution in [3.63, 3.8) is 0 Å². The van der Waals surface area contributed by atoms with Gasteiger partial charge in [0.2, 0.25) is 0 Å². The molecular weight excluding hydrogens is 254 g/mol. The molecule has 0 saturated carbocycles. The van der Waals surface area contributed by atoms with Crippen molar-refractivity contribution < 1.29 is 0 Å². The van der Waals surface area contributed by atoms with Crippen LogP contribution < -0.4 is 5.73 Å². The topological polar surface area (TPSA) is 43.8 Å². The van der Waals surface area contributed by atoms with Gasteiger partial charge >= 0.3 is 0 Å². The standard InChI is InChI=1S/C11H12BrN3/c1-8-14-5-6-15(8)7-9-10(12)3-2-4-11(9)13/h2-6H,7,13H2,1H3. The van der Waals surface area contributed by atoms with Gasteiger partial charge in [-0.2, -0.15) is 0 Å². The zero-order valence-electron chi connectivity index (χ0n) is 8.44. The van der Waals surface area contributed by atoms with Crippen molar-refractivity contribution in [2.75, 3.05) is 5.73 Å². The van der Waals surface area contributed by atoms with Crippen LogP contribution in [0.15, 0.2) is 35.1 Å². The Morgan fingerprint density at radius 1 is 1.47 bits per heavy atom. The van der Waals surface area contributed by atoms with E-state index in [4.69, 9.17) is 5.73 Å². The molecule has 0 fully saturated rings. The monoisotopic (exact) mass is 265 g/mol. The number of nitrogens with zero attached hydrogens (tertiary/aromatic N) is 2. The molecule has 0 spiro atoms. The Morgan fingerprint density at radius 3 is 2.87 bits per heavy atom. The molecule has 2 aromatic rings. The van der Waals surface area contributed by atoms with E-state index in [-0.39, 0.29) is 0 Å². The summed E-state index contributed by atoms with van der Waals surface area (Å²) in [6.07, 6.45) is 3.75. The lowest BCUT2D eigenvalue weighted by Gasteiger charge is -2.10. The number of aryl methyl sites for hydroxylation is 1. The third-order valence-corrected chi connectivity index (χ3v) is 3.15. The number of anilines is 1. The summed E-state index contributed by atoms with van der Waals surface area (Å²) < 4.78 is 3.10. The van der Waals surface area contributed by atoms with E-state index in [0.717, 1.165) is 28.1 Å². The predicted molar refractivity (Wildman–Crippen MR) is 64.6 cm³/mol. The van der Waals surface area contributed by atoms with Gasteiger partial charge in [-0.1, -0.05) is 22.0 Å². The van der Waals surface area contributed by atoms with Gasteiger partial charge in [0.1, 0.15) is 5.82 Å². The molecule has 15 heavy (non-hydrogen) atoms. The minimum atomic E-state index is 0.749. The normalized spacial score (nSPS) is 10.5. The fourth-order valence-corrected chi connectivity index (χ4v) is 1.99. The lowest BCUT2D eigenvalue weighted by molar-refractivity contribution is 0.761. The number of rotatable bonds is 2. The van der Waals surface area contributed by atoms with E-state index in [1.54, 1.807) is 6.20 Å². The minimum absolute atomic E-state index is 0.749. The third-order valence-electron chi connectivity index (χ3n) is 2.41. The fourth-order valence-electron chi connectivity index (χ4n) is 1.48. The highest BCUT2D eigenvalue weighted by atomic mass is 79.9. The third kappa shape index (κ3) is 2.04. The van der Waals surface area contributed by atoms with Gasteiger partial charge in [-0.05, 0) is 19.1 Å². The van der Waals surface area contributed by atoms with Crippen molar-refractivity contribution in [1.82, 2.24) is 9.55 Å². The van der Waals surface area contributed by atoms with Gasteiger partial charge in [-0.15, -0.1) is 0 Å². The van der Waals surface area contributed by atoms with Crippen molar-refractivity contribution in [3.8, 4) is 0 Å². The number of imidazole rings is 1. The smallest absolute Gasteiger partial charge is 0.105 e. The second-order valence-corrected chi connectivity index (χ2v) is 4.26. The van der Waals surface area contributed by atoms with Crippen LogP contribution in [0.1, 0.15) is 11.4 Å². The number of halogens is 1. The summed E-state index contributed by atoms with van der Waals surface area (Å²) in [5.74, 6) is 0.991. The number of benzene rings is 1. The summed E-state index contributed by atoms with van der Waals surface area (Å²) in [6.45, 7) is 2.73. The molecule has 0 bridgehead atoms. The van der Waals surface area contributed by atoms with E-state index < -0.39 is 0 Å². The Morgan fingerprint density at radius 2 is 2.27 bits per heavy atom. The molecule has 0 atom stereocenters. The molecule has 4 heteroatoms. The summed E-state index contributed by atoms with van der Waals surface area (Å²) >= 11 is 3.50. The molecule has 0 saturated heterocycles. The molecule has 0 radical (unpaired) electrons. The maximum absolute atomic E-state index is 5.92. The molecule has 1 heterocycles. The quantitative estimate of drug-likeness (QED) is 0.849. The molecule has 0 amide bonds. The molecular formula is C11H12BrN3. The van der Waals surface area contributed by atoms with Crippen molar-refractivity contribution in [3.05, 3.63) is 46.5 Å². The van der Waals surface area contributed by atoms with Crippen LogP contribution in [0.25, 0.3) is 0 Å². The molecule has 2 rings (SSSR count). The SMILES string of the molecule is Cc1nccn1Cc1c(N)cccc1Br. The van der Waals surface area contributed by atoms with E-state index in [2.05, 4.69) is 25.5 Å². The van der Waals surface area contributed by atoms with Gasteiger partial charge < -0.3 is 10.3 Å². The Balaban J connectivity index is 2.36. The Labute approximate surface area is 97.1 Å². The van der Waals surface area contributed by atoms with Crippen LogP contribution in [0.5, 0.6) is 0 Å². The zero-order valence-corrected chi connectivity index (χ0v) is 10.0. The molecule has 0 unspecified atom stereocenters. The summed E-state index contributed by atoms with van der Waals surface area (Å²) in [7, 11) is 0. The molecule has 1 aromatic carbocycles. The summed E-state index contributed by atoms with van der Waals surface area (Å²) in [6, 6.07) is 5.84. The molecule has 0 aliphatic carbocycles. The number of hydrogen-bond acceptors (Lipinski definition) is 2. The molecule has 3 nitrogen and oxygen atoms in total. The van der Waals surface area contributed by atoms with Crippen LogP contribution in [0, 0.1) is 6.92 Å². The molecule has 0 aliphatic rings. The first-order valence-electron chi connectivity index (χ1n) is 4.69. The first-order valence-corrected chi connectivity index (χ1v) is 5.48. The van der Waals surface area contributed by atoms with E-state index in [0.29, 0.717) is 0 Å². The first kappa shape index (κ1) is 10.2. The van der Waals surface area contributed by atoms with Crippen LogP contribution in [0.4, 0.5) is 5.69 Å². The van der Waals surface area contributed by atoms with Crippen molar-refractivity contribution in [1.29, 1.82) is 0 Å². The van der Waals surface area contributed by atoms with Gasteiger partial charge in [0.05, 0.1) is 6.54 Å².